The SMILES string of the molecule is Cc1ccc(OCC(=O)Nc2nc(-c3ccc(Br)cc3)cs2)cc1. The Hall–Kier alpha value is -2.18. The van der Waals surface area contributed by atoms with Gasteiger partial charge in [-0.1, -0.05) is 45.8 Å². The number of amides is 1. The van der Waals surface area contributed by atoms with E-state index in [0.29, 0.717) is 10.9 Å². The molecule has 0 saturated heterocycles. The number of thiazole rings is 1. The Morgan fingerprint density at radius 3 is 2.58 bits per heavy atom. The Morgan fingerprint density at radius 2 is 1.88 bits per heavy atom. The molecule has 1 aromatic heterocycles. The summed E-state index contributed by atoms with van der Waals surface area (Å²) in [7, 11) is 0. The molecule has 0 aliphatic heterocycles. The first-order valence-corrected chi connectivity index (χ1v) is 8.98. The maximum atomic E-state index is 12.0. The van der Waals surface area contributed by atoms with Crippen LogP contribution >= 0.6 is 27.3 Å². The molecule has 3 rings (SSSR count). The molecule has 0 aliphatic rings. The molecule has 4 nitrogen and oxygen atoms in total. The van der Waals surface area contributed by atoms with Crippen molar-refractivity contribution in [2.24, 2.45) is 0 Å². The van der Waals surface area contributed by atoms with Crippen LogP contribution in [0.1, 0.15) is 5.56 Å². The van der Waals surface area contributed by atoms with Crippen molar-refractivity contribution in [3.63, 3.8) is 0 Å². The van der Waals surface area contributed by atoms with Gasteiger partial charge in [-0.15, -0.1) is 11.3 Å². The molecule has 0 bridgehead atoms. The summed E-state index contributed by atoms with van der Waals surface area (Å²) in [6, 6.07) is 15.5. The van der Waals surface area contributed by atoms with Crippen LogP contribution in [0.5, 0.6) is 5.75 Å². The van der Waals surface area contributed by atoms with Crippen LogP contribution < -0.4 is 10.1 Å². The van der Waals surface area contributed by atoms with E-state index in [9.17, 15) is 4.79 Å². The number of carbonyl (C=O) groups excluding carboxylic acids is 1. The Morgan fingerprint density at radius 1 is 1.17 bits per heavy atom. The average Bonchev–Trinajstić information content (AvgIpc) is 3.03. The van der Waals surface area contributed by atoms with Crippen molar-refractivity contribution in [1.82, 2.24) is 4.98 Å². The predicted octanol–water partition coefficient (Wildman–Crippen LogP) is 4.90. The highest BCUT2D eigenvalue weighted by Crippen LogP contribution is 2.26. The van der Waals surface area contributed by atoms with Gasteiger partial charge in [0.25, 0.3) is 5.91 Å². The molecule has 1 heterocycles. The molecule has 0 radical (unpaired) electrons. The predicted molar refractivity (Wildman–Crippen MR) is 101 cm³/mol. The number of benzene rings is 2. The van der Waals surface area contributed by atoms with Crippen molar-refractivity contribution in [3.05, 3.63) is 63.9 Å². The molecule has 0 unspecified atom stereocenters. The van der Waals surface area contributed by atoms with Gasteiger partial charge in [0.2, 0.25) is 0 Å². The number of carbonyl (C=O) groups is 1. The molecular weight excluding hydrogens is 388 g/mol. The lowest BCUT2D eigenvalue weighted by atomic mass is 10.2. The number of aryl methyl sites for hydroxylation is 1. The summed E-state index contributed by atoms with van der Waals surface area (Å²) in [5.41, 5.74) is 2.99. The van der Waals surface area contributed by atoms with E-state index in [1.54, 1.807) is 0 Å². The van der Waals surface area contributed by atoms with E-state index in [0.717, 1.165) is 21.3 Å². The van der Waals surface area contributed by atoms with E-state index >= 15 is 0 Å². The van der Waals surface area contributed by atoms with Crippen molar-refractivity contribution >= 4 is 38.3 Å². The largest absolute Gasteiger partial charge is 0.484 e. The molecule has 1 N–H and O–H groups in total. The van der Waals surface area contributed by atoms with Gasteiger partial charge in [0, 0.05) is 15.4 Å². The number of nitrogens with zero attached hydrogens (tertiary/aromatic N) is 1. The molecule has 0 spiro atoms. The number of halogens is 1. The Labute approximate surface area is 152 Å². The van der Waals surface area contributed by atoms with Crippen LogP contribution in [-0.2, 0) is 4.79 Å². The van der Waals surface area contributed by atoms with Gasteiger partial charge < -0.3 is 4.74 Å². The van der Waals surface area contributed by atoms with Crippen LogP contribution in [0.25, 0.3) is 11.3 Å². The Kier molecular flexibility index (Phi) is 5.27. The Bertz CT molecular complexity index is 829. The monoisotopic (exact) mass is 402 g/mol. The molecule has 122 valence electrons. The molecular formula is C18H15BrN2O2S. The average molecular weight is 403 g/mol. The van der Waals surface area contributed by atoms with E-state index in [-0.39, 0.29) is 12.5 Å². The number of ether oxygens (including phenoxy) is 1. The molecule has 0 saturated carbocycles. The summed E-state index contributed by atoms with van der Waals surface area (Å²) in [4.78, 5) is 16.4. The van der Waals surface area contributed by atoms with E-state index < -0.39 is 0 Å². The molecule has 1 amide bonds. The minimum atomic E-state index is -0.229. The number of nitrogens with one attached hydrogen (secondary N) is 1. The van der Waals surface area contributed by atoms with E-state index in [1.165, 1.54) is 11.3 Å². The van der Waals surface area contributed by atoms with Crippen molar-refractivity contribution in [2.45, 2.75) is 6.92 Å². The van der Waals surface area contributed by atoms with E-state index in [1.807, 2.05) is 60.8 Å². The molecule has 0 aliphatic carbocycles. The van der Waals surface area contributed by atoms with Crippen molar-refractivity contribution in [1.29, 1.82) is 0 Å². The number of rotatable bonds is 5. The number of hydrogen-bond acceptors (Lipinski definition) is 4. The first kappa shape index (κ1) is 16.7. The highest BCUT2D eigenvalue weighted by atomic mass is 79.9. The van der Waals surface area contributed by atoms with Crippen molar-refractivity contribution < 1.29 is 9.53 Å². The second kappa shape index (κ2) is 7.59. The third-order valence-electron chi connectivity index (χ3n) is 3.28. The maximum absolute atomic E-state index is 12.0. The Balaban J connectivity index is 1.57. The molecule has 24 heavy (non-hydrogen) atoms. The lowest BCUT2D eigenvalue weighted by molar-refractivity contribution is -0.118. The van der Waals surface area contributed by atoms with Gasteiger partial charge in [0.1, 0.15) is 5.75 Å². The van der Waals surface area contributed by atoms with Crippen LogP contribution in [0.3, 0.4) is 0 Å². The van der Waals surface area contributed by atoms with Crippen molar-refractivity contribution in [2.75, 3.05) is 11.9 Å². The highest BCUT2D eigenvalue weighted by Gasteiger charge is 2.09. The summed E-state index contributed by atoms with van der Waals surface area (Å²) in [6.45, 7) is 1.96. The van der Waals surface area contributed by atoms with Crippen LogP contribution in [0, 0.1) is 6.92 Å². The zero-order valence-corrected chi connectivity index (χ0v) is 15.4. The normalized spacial score (nSPS) is 10.4. The van der Waals surface area contributed by atoms with Gasteiger partial charge >= 0.3 is 0 Å². The highest BCUT2D eigenvalue weighted by molar-refractivity contribution is 9.10. The fourth-order valence-corrected chi connectivity index (χ4v) is 3.02. The zero-order chi connectivity index (χ0) is 16.9. The molecule has 0 atom stereocenters. The summed E-state index contributed by atoms with van der Waals surface area (Å²) < 4.78 is 6.48. The van der Waals surface area contributed by atoms with Crippen LogP contribution in [0.4, 0.5) is 5.13 Å². The molecule has 3 aromatic rings. The topological polar surface area (TPSA) is 51.2 Å². The number of hydrogen-bond donors (Lipinski definition) is 1. The van der Waals surface area contributed by atoms with E-state index in [2.05, 4.69) is 26.2 Å². The van der Waals surface area contributed by atoms with Crippen molar-refractivity contribution in [3.8, 4) is 17.0 Å². The zero-order valence-electron chi connectivity index (χ0n) is 13.0. The molecule has 6 heteroatoms. The van der Waals surface area contributed by atoms with Crippen LogP contribution in [0.15, 0.2) is 58.4 Å². The van der Waals surface area contributed by atoms with Gasteiger partial charge in [-0.25, -0.2) is 4.98 Å². The van der Waals surface area contributed by atoms with E-state index in [4.69, 9.17) is 4.74 Å². The lowest BCUT2D eigenvalue weighted by Gasteiger charge is -2.06. The first-order valence-electron chi connectivity index (χ1n) is 7.31. The van der Waals surface area contributed by atoms with Gasteiger partial charge in [0.15, 0.2) is 11.7 Å². The lowest BCUT2D eigenvalue weighted by Crippen LogP contribution is -2.20. The van der Waals surface area contributed by atoms with Gasteiger partial charge in [-0.2, -0.15) is 0 Å². The fourth-order valence-electron chi connectivity index (χ4n) is 2.02. The minimum Gasteiger partial charge on any atom is -0.484 e. The molecule has 2 aromatic carbocycles. The van der Waals surface area contributed by atoms with Crippen LogP contribution in [0.2, 0.25) is 0 Å². The van der Waals surface area contributed by atoms with Gasteiger partial charge in [-0.3, -0.25) is 10.1 Å². The standard InChI is InChI=1S/C18H15BrN2O2S/c1-12-2-8-15(9-3-12)23-10-17(22)21-18-20-16(11-24-18)13-4-6-14(19)7-5-13/h2-9,11H,10H2,1H3,(H,20,21,22). The number of anilines is 1. The smallest absolute Gasteiger partial charge is 0.264 e. The third-order valence-corrected chi connectivity index (χ3v) is 4.57. The quantitative estimate of drug-likeness (QED) is 0.660. The second-order valence-corrected chi connectivity index (χ2v) is 6.97. The van der Waals surface area contributed by atoms with Gasteiger partial charge in [-0.05, 0) is 31.2 Å². The molecule has 0 fully saturated rings. The fraction of sp³-hybridized carbons (Fsp3) is 0.111. The first-order chi connectivity index (χ1) is 11.6. The number of aromatic nitrogens is 1. The summed E-state index contributed by atoms with van der Waals surface area (Å²) >= 11 is 4.80. The summed E-state index contributed by atoms with van der Waals surface area (Å²) in [5, 5.41) is 5.24. The van der Waals surface area contributed by atoms with Crippen LogP contribution in [-0.4, -0.2) is 17.5 Å². The third kappa shape index (κ3) is 4.43. The maximum Gasteiger partial charge on any atom is 0.264 e. The van der Waals surface area contributed by atoms with Gasteiger partial charge in [0.05, 0.1) is 5.69 Å². The summed E-state index contributed by atoms with van der Waals surface area (Å²) in [5.74, 6) is 0.442. The minimum absolute atomic E-state index is 0.0454. The second-order valence-electron chi connectivity index (χ2n) is 5.19. The summed E-state index contributed by atoms with van der Waals surface area (Å²) in [6.07, 6.45) is 0.